The van der Waals surface area contributed by atoms with Crippen LogP contribution in [0.25, 0.3) is 0 Å². The van der Waals surface area contributed by atoms with Gasteiger partial charge in [0.15, 0.2) is 0 Å². The molecule has 0 saturated carbocycles. The maximum absolute atomic E-state index is 11.6. The van der Waals surface area contributed by atoms with Crippen molar-refractivity contribution in [3.63, 3.8) is 0 Å². The highest BCUT2D eigenvalue weighted by Crippen LogP contribution is 2.29. The summed E-state index contributed by atoms with van der Waals surface area (Å²) in [5, 5.41) is 26.0. The predicted molar refractivity (Wildman–Crippen MR) is 89.0 cm³/mol. The Kier molecular flexibility index (Phi) is 7.72. The molecule has 1 aliphatic heterocycles. The van der Waals surface area contributed by atoms with Gasteiger partial charge in [-0.15, -0.1) is 0 Å². The van der Waals surface area contributed by atoms with Crippen LogP contribution in [-0.2, 0) is 9.59 Å². The Bertz CT molecular complexity index is 434. The average Bonchev–Trinajstić information content (AvgIpc) is 2.90. The van der Waals surface area contributed by atoms with Crippen LogP contribution in [0.4, 0.5) is 0 Å². The molecule has 6 heteroatoms. The van der Waals surface area contributed by atoms with Gasteiger partial charge >= 0.3 is 5.97 Å². The van der Waals surface area contributed by atoms with Crippen LogP contribution in [0.3, 0.4) is 0 Å². The fraction of sp³-hybridized carbons (Fsp3) is 0.765. The van der Waals surface area contributed by atoms with Crippen LogP contribution in [0.15, 0.2) is 12.2 Å². The molecule has 0 spiro atoms. The first-order valence-electron chi connectivity index (χ1n) is 8.42. The first-order valence-corrected chi connectivity index (χ1v) is 8.42. The summed E-state index contributed by atoms with van der Waals surface area (Å²) in [4.78, 5) is 22.9. The number of hydrogen-bond acceptors (Lipinski definition) is 4. The van der Waals surface area contributed by atoms with Crippen molar-refractivity contribution in [1.29, 1.82) is 0 Å². The van der Waals surface area contributed by atoms with Crippen molar-refractivity contribution in [1.82, 2.24) is 10.6 Å². The van der Waals surface area contributed by atoms with E-state index in [9.17, 15) is 19.8 Å². The standard InChI is InChI=1S/C17H30N2O4/c1-5-8-12-9-13(17(22)23)19-14(12)15(18-10(4)20)16(21)11(6-2)7-3/h5,8,11-16,19,21H,6-7,9H2,1-4H3,(H,18,20)(H,22,23)/b8-5-/t12-,13-,14-,15-,16-/m1/s1. The summed E-state index contributed by atoms with van der Waals surface area (Å²) >= 11 is 0. The highest BCUT2D eigenvalue weighted by molar-refractivity contribution is 5.75. The number of rotatable bonds is 8. The molecule has 0 aromatic heterocycles. The normalized spacial score (nSPS) is 27.3. The molecule has 6 nitrogen and oxygen atoms in total. The summed E-state index contributed by atoms with van der Waals surface area (Å²) in [6.45, 7) is 7.32. The minimum atomic E-state index is -0.902. The summed E-state index contributed by atoms with van der Waals surface area (Å²) in [5.74, 6) is -1.11. The molecule has 1 aliphatic rings. The van der Waals surface area contributed by atoms with E-state index in [2.05, 4.69) is 10.6 Å². The Balaban J connectivity index is 3.07. The summed E-state index contributed by atoms with van der Waals surface area (Å²) in [7, 11) is 0. The number of aliphatic carboxylic acids is 1. The van der Waals surface area contributed by atoms with E-state index in [4.69, 9.17) is 0 Å². The monoisotopic (exact) mass is 326 g/mol. The molecule has 23 heavy (non-hydrogen) atoms. The summed E-state index contributed by atoms with van der Waals surface area (Å²) in [6.07, 6.45) is 5.18. The molecule has 0 radical (unpaired) electrons. The minimum absolute atomic E-state index is 0.0398. The summed E-state index contributed by atoms with van der Waals surface area (Å²) in [6, 6.07) is -1.47. The smallest absolute Gasteiger partial charge is 0.320 e. The van der Waals surface area contributed by atoms with Crippen molar-refractivity contribution in [3.8, 4) is 0 Å². The SMILES string of the molecule is C/C=C\[C@@H]1C[C@H](C(=O)O)N[C@H]1[C@@H](NC(C)=O)[C@H](O)C(CC)CC. The number of carboxylic acid groups (broad SMARTS) is 1. The molecule has 1 heterocycles. The van der Waals surface area contributed by atoms with E-state index in [0.29, 0.717) is 6.42 Å². The highest BCUT2D eigenvalue weighted by Gasteiger charge is 2.43. The fourth-order valence-corrected chi connectivity index (χ4v) is 3.52. The maximum Gasteiger partial charge on any atom is 0.320 e. The second-order valence-corrected chi connectivity index (χ2v) is 6.30. The lowest BCUT2D eigenvalue weighted by Gasteiger charge is -2.35. The van der Waals surface area contributed by atoms with Crippen molar-refractivity contribution < 1.29 is 19.8 Å². The van der Waals surface area contributed by atoms with Gasteiger partial charge in [-0.3, -0.25) is 14.9 Å². The Morgan fingerprint density at radius 1 is 1.35 bits per heavy atom. The van der Waals surface area contributed by atoms with E-state index in [-0.39, 0.29) is 23.8 Å². The third-order valence-electron chi connectivity index (χ3n) is 4.76. The predicted octanol–water partition coefficient (Wildman–Crippen LogP) is 1.30. The van der Waals surface area contributed by atoms with Crippen LogP contribution in [0.5, 0.6) is 0 Å². The van der Waals surface area contributed by atoms with E-state index in [1.54, 1.807) is 0 Å². The van der Waals surface area contributed by atoms with Crippen molar-refractivity contribution in [3.05, 3.63) is 12.2 Å². The van der Waals surface area contributed by atoms with Gasteiger partial charge in [0.25, 0.3) is 0 Å². The van der Waals surface area contributed by atoms with Gasteiger partial charge in [0.1, 0.15) is 6.04 Å². The second kappa shape index (κ2) is 9.03. The van der Waals surface area contributed by atoms with E-state index in [1.807, 2.05) is 32.9 Å². The molecule has 1 rings (SSSR count). The molecule has 132 valence electrons. The number of nitrogens with one attached hydrogen (secondary N) is 2. The van der Waals surface area contributed by atoms with E-state index < -0.39 is 24.2 Å². The van der Waals surface area contributed by atoms with Crippen molar-refractivity contribution in [2.45, 2.75) is 71.2 Å². The molecule has 0 aromatic rings. The van der Waals surface area contributed by atoms with E-state index in [0.717, 1.165) is 12.8 Å². The Morgan fingerprint density at radius 3 is 2.39 bits per heavy atom. The number of carbonyl (C=O) groups excluding carboxylic acids is 1. The number of aliphatic hydroxyl groups is 1. The van der Waals surface area contributed by atoms with Gasteiger partial charge in [-0.1, -0.05) is 38.8 Å². The first-order chi connectivity index (χ1) is 10.8. The zero-order chi connectivity index (χ0) is 17.6. The van der Waals surface area contributed by atoms with Crippen molar-refractivity contribution in [2.24, 2.45) is 11.8 Å². The molecule has 1 amide bonds. The summed E-state index contributed by atoms with van der Waals surface area (Å²) in [5.41, 5.74) is 0. The van der Waals surface area contributed by atoms with Gasteiger partial charge in [0, 0.05) is 13.0 Å². The maximum atomic E-state index is 11.6. The van der Waals surface area contributed by atoms with Crippen molar-refractivity contribution >= 4 is 11.9 Å². The van der Waals surface area contributed by atoms with Crippen LogP contribution >= 0.6 is 0 Å². The minimum Gasteiger partial charge on any atom is -0.480 e. The number of aliphatic hydroxyl groups excluding tert-OH is 1. The van der Waals surface area contributed by atoms with Crippen LogP contribution < -0.4 is 10.6 Å². The summed E-state index contributed by atoms with van der Waals surface area (Å²) < 4.78 is 0. The van der Waals surface area contributed by atoms with Crippen LogP contribution in [0, 0.1) is 11.8 Å². The molecule has 5 atom stereocenters. The number of allylic oxidation sites excluding steroid dienone is 1. The largest absolute Gasteiger partial charge is 0.480 e. The fourth-order valence-electron chi connectivity index (χ4n) is 3.52. The van der Waals surface area contributed by atoms with Crippen molar-refractivity contribution in [2.75, 3.05) is 0 Å². The van der Waals surface area contributed by atoms with Gasteiger partial charge in [0.2, 0.25) is 5.91 Å². The molecule has 1 fully saturated rings. The van der Waals surface area contributed by atoms with E-state index >= 15 is 0 Å². The average molecular weight is 326 g/mol. The lowest BCUT2D eigenvalue weighted by atomic mass is 9.83. The third kappa shape index (κ3) is 5.04. The molecule has 0 unspecified atom stereocenters. The zero-order valence-electron chi connectivity index (χ0n) is 14.5. The van der Waals surface area contributed by atoms with Gasteiger partial charge in [-0.2, -0.15) is 0 Å². The number of amides is 1. The zero-order valence-corrected chi connectivity index (χ0v) is 14.5. The third-order valence-corrected chi connectivity index (χ3v) is 4.76. The van der Waals surface area contributed by atoms with Crippen LogP contribution in [-0.4, -0.2) is 46.3 Å². The molecular formula is C17H30N2O4. The second-order valence-electron chi connectivity index (χ2n) is 6.30. The molecule has 0 aromatic carbocycles. The molecule has 0 aliphatic carbocycles. The number of hydrogen-bond donors (Lipinski definition) is 4. The van der Waals surface area contributed by atoms with E-state index in [1.165, 1.54) is 6.92 Å². The van der Waals surface area contributed by atoms with Gasteiger partial charge < -0.3 is 15.5 Å². The molecule has 0 bridgehead atoms. The van der Waals surface area contributed by atoms with Gasteiger partial charge in [-0.25, -0.2) is 0 Å². The van der Waals surface area contributed by atoms with Gasteiger partial charge in [-0.05, 0) is 25.2 Å². The Labute approximate surface area is 138 Å². The lowest BCUT2D eigenvalue weighted by molar-refractivity contribution is -0.139. The Morgan fingerprint density at radius 2 is 1.96 bits per heavy atom. The quantitative estimate of drug-likeness (QED) is 0.504. The first kappa shape index (κ1) is 19.6. The molecular weight excluding hydrogens is 296 g/mol. The van der Waals surface area contributed by atoms with Crippen LogP contribution in [0.2, 0.25) is 0 Å². The Hall–Kier alpha value is -1.40. The van der Waals surface area contributed by atoms with Gasteiger partial charge in [0.05, 0.1) is 12.1 Å². The number of carbonyl (C=O) groups is 2. The van der Waals surface area contributed by atoms with Crippen LogP contribution in [0.1, 0.15) is 47.0 Å². The topological polar surface area (TPSA) is 98.7 Å². The molecule has 1 saturated heterocycles. The highest BCUT2D eigenvalue weighted by atomic mass is 16.4. The number of carboxylic acids is 1. The molecule has 4 N–H and O–H groups in total. The lowest BCUT2D eigenvalue weighted by Crippen LogP contribution is -2.58.